The van der Waals surface area contributed by atoms with Crippen LogP contribution in [0.3, 0.4) is 0 Å². The maximum absolute atomic E-state index is 12.8. The number of benzene rings is 2. The number of nitrogens with zero attached hydrogens (tertiary/aromatic N) is 1. The third-order valence-corrected chi connectivity index (χ3v) is 5.31. The van der Waals surface area contributed by atoms with Crippen molar-refractivity contribution < 1.29 is 14.4 Å². The second-order valence-corrected chi connectivity index (χ2v) is 7.30. The van der Waals surface area contributed by atoms with Crippen LogP contribution < -0.4 is 15.5 Å². The molecule has 1 saturated heterocycles. The Balaban J connectivity index is 1.71. The molecule has 6 nitrogen and oxygen atoms in total. The molecule has 3 rings (SSSR count). The summed E-state index contributed by atoms with van der Waals surface area (Å²) in [6.07, 6.45) is 1.47. The van der Waals surface area contributed by atoms with E-state index in [0.717, 1.165) is 23.2 Å². The van der Waals surface area contributed by atoms with Crippen LogP contribution in [0.15, 0.2) is 42.5 Å². The fraction of sp³-hybridized carbons (Fsp3) is 0.348. The maximum Gasteiger partial charge on any atom is 0.229 e. The molecule has 152 valence electrons. The first-order valence-electron chi connectivity index (χ1n) is 10.0. The van der Waals surface area contributed by atoms with Crippen molar-refractivity contribution in [3.05, 3.63) is 53.6 Å². The molecule has 0 bridgehead atoms. The fourth-order valence-electron chi connectivity index (χ4n) is 3.46. The molecule has 0 aliphatic carbocycles. The molecule has 0 radical (unpaired) electrons. The molecule has 1 aliphatic heterocycles. The fourth-order valence-corrected chi connectivity index (χ4v) is 3.46. The Hall–Kier alpha value is -3.15. The van der Waals surface area contributed by atoms with Gasteiger partial charge in [-0.05, 0) is 48.7 Å². The molecule has 0 spiro atoms. The zero-order chi connectivity index (χ0) is 21.0. The quantitative estimate of drug-likeness (QED) is 0.781. The van der Waals surface area contributed by atoms with E-state index in [0.29, 0.717) is 24.3 Å². The van der Waals surface area contributed by atoms with Crippen LogP contribution >= 0.6 is 0 Å². The summed E-state index contributed by atoms with van der Waals surface area (Å²) in [4.78, 5) is 38.7. The van der Waals surface area contributed by atoms with Gasteiger partial charge in [0.1, 0.15) is 0 Å². The largest absolute Gasteiger partial charge is 0.326 e. The lowest BCUT2D eigenvalue weighted by molar-refractivity contribution is -0.122. The zero-order valence-electron chi connectivity index (χ0n) is 17.1. The summed E-state index contributed by atoms with van der Waals surface area (Å²) in [6.45, 7) is 6.07. The minimum Gasteiger partial charge on any atom is -0.326 e. The lowest BCUT2D eigenvalue weighted by atomic mass is 10.1. The standard InChI is InChI=1S/C23H27N3O3/c1-4-16-8-6-9-18(12-16)26-14-17(13-22(26)28)23(29)25-20-11-7-10-19(15(20)3)24-21(27)5-2/h6-12,17H,4-5,13-14H2,1-3H3,(H,24,27)(H,25,29)/t17-/m1/s1. The maximum atomic E-state index is 12.8. The lowest BCUT2D eigenvalue weighted by Gasteiger charge is -2.18. The number of amides is 3. The Labute approximate surface area is 171 Å². The number of hydrogen-bond donors (Lipinski definition) is 2. The van der Waals surface area contributed by atoms with Gasteiger partial charge in [0, 0.05) is 36.4 Å². The molecule has 1 aliphatic rings. The first-order valence-corrected chi connectivity index (χ1v) is 10.0. The average Bonchev–Trinajstić information content (AvgIpc) is 3.12. The number of aryl methyl sites for hydroxylation is 1. The van der Waals surface area contributed by atoms with Crippen molar-refractivity contribution in [1.29, 1.82) is 0 Å². The van der Waals surface area contributed by atoms with Crippen molar-refractivity contribution in [3.63, 3.8) is 0 Å². The molecule has 3 amide bonds. The zero-order valence-corrected chi connectivity index (χ0v) is 17.1. The van der Waals surface area contributed by atoms with Gasteiger partial charge >= 0.3 is 0 Å². The Kier molecular flexibility index (Phi) is 6.32. The van der Waals surface area contributed by atoms with Gasteiger partial charge in [0.25, 0.3) is 0 Å². The van der Waals surface area contributed by atoms with Gasteiger partial charge in [-0.3, -0.25) is 14.4 Å². The number of carbonyl (C=O) groups is 3. The van der Waals surface area contributed by atoms with Crippen molar-refractivity contribution in [2.24, 2.45) is 5.92 Å². The van der Waals surface area contributed by atoms with E-state index < -0.39 is 5.92 Å². The molecule has 1 fully saturated rings. The summed E-state index contributed by atoms with van der Waals surface area (Å²) in [5.74, 6) is -0.724. The monoisotopic (exact) mass is 393 g/mol. The number of anilines is 3. The van der Waals surface area contributed by atoms with Gasteiger partial charge in [0.2, 0.25) is 17.7 Å². The summed E-state index contributed by atoms with van der Waals surface area (Å²) in [6, 6.07) is 13.3. The molecular weight excluding hydrogens is 366 g/mol. The first-order chi connectivity index (χ1) is 13.9. The highest BCUT2D eigenvalue weighted by Crippen LogP contribution is 2.28. The molecule has 2 N–H and O–H groups in total. The van der Waals surface area contributed by atoms with Gasteiger partial charge in [-0.25, -0.2) is 0 Å². The number of hydrogen-bond acceptors (Lipinski definition) is 3. The van der Waals surface area contributed by atoms with Crippen molar-refractivity contribution in [2.75, 3.05) is 22.1 Å². The Morgan fingerprint density at radius 3 is 2.45 bits per heavy atom. The molecular formula is C23H27N3O3. The highest BCUT2D eigenvalue weighted by molar-refractivity contribution is 6.04. The van der Waals surface area contributed by atoms with Gasteiger partial charge in [0.15, 0.2) is 0 Å². The summed E-state index contributed by atoms with van der Waals surface area (Å²) in [7, 11) is 0. The van der Waals surface area contributed by atoms with Crippen LogP contribution in [0.25, 0.3) is 0 Å². The van der Waals surface area contributed by atoms with E-state index >= 15 is 0 Å². The average molecular weight is 393 g/mol. The molecule has 2 aromatic carbocycles. The highest BCUT2D eigenvalue weighted by atomic mass is 16.2. The second kappa shape index (κ2) is 8.90. The van der Waals surface area contributed by atoms with Crippen LogP contribution in [0.5, 0.6) is 0 Å². The Bertz CT molecular complexity index is 939. The van der Waals surface area contributed by atoms with Gasteiger partial charge in [-0.15, -0.1) is 0 Å². The molecule has 1 heterocycles. The molecule has 6 heteroatoms. The van der Waals surface area contributed by atoms with Crippen molar-refractivity contribution in [1.82, 2.24) is 0 Å². The van der Waals surface area contributed by atoms with Gasteiger partial charge in [-0.2, -0.15) is 0 Å². The predicted molar refractivity (Wildman–Crippen MR) is 115 cm³/mol. The third kappa shape index (κ3) is 4.65. The summed E-state index contributed by atoms with van der Waals surface area (Å²) < 4.78 is 0. The van der Waals surface area contributed by atoms with Crippen LogP contribution in [0, 0.1) is 12.8 Å². The third-order valence-electron chi connectivity index (χ3n) is 5.31. The van der Waals surface area contributed by atoms with E-state index in [1.165, 1.54) is 0 Å². The molecule has 2 aromatic rings. The number of carbonyl (C=O) groups excluding carboxylic acids is 3. The van der Waals surface area contributed by atoms with Crippen molar-refractivity contribution in [3.8, 4) is 0 Å². The topological polar surface area (TPSA) is 78.5 Å². The van der Waals surface area contributed by atoms with Crippen molar-refractivity contribution >= 4 is 34.8 Å². The molecule has 0 aromatic heterocycles. The SMILES string of the molecule is CCC(=O)Nc1cccc(NC(=O)[C@@H]2CC(=O)N(c3cccc(CC)c3)C2)c1C. The van der Waals surface area contributed by atoms with Crippen molar-refractivity contribution in [2.45, 2.75) is 40.0 Å². The van der Waals surface area contributed by atoms with E-state index in [4.69, 9.17) is 0 Å². The van der Waals surface area contributed by atoms with E-state index in [1.807, 2.05) is 31.2 Å². The van der Waals surface area contributed by atoms with Gasteiger partial charge < -0.3 is 15.5 Å². The van der Waals surface area contributed by atoms with Crippen LogP contribution in [-0.2, 0) is 20.8 Å². The van der Waals surface area contributed by atoms with Crippen LogP contribution in [0.1, 0.15) is 37.8 Å². The minimum atomic E-state index is -0.416. The molecule has 0 saturated carbocycles. The normalized spacial score (nSPS) is 16.0. The van der Waals surface area contributed by atoms with E-state index in [2.05, 4.69) is 17.6 Å². The van der Waals surface area contributed by atoms with E-state index in [-0.39, 0.29) is 24.1 Å². The molecule has 29 heavy (non-hydrogen) atoms. The van der Waals surface area contributed by atoms with Gasteiger partial charge in [-0.1, -0.05) is 32.0 Å². The predicted octanol–water partition coefficient (Wildman–Crippen LogP) is 3.90. The summed E-state index contributed by atoms with van der Waals surface area (Å²) in [5, 5.41) is 5.77. The smallest absolute Gasteiger partial charge is 0.229 e. The van der Waals surface area contributed by atoms with E-state index in [1.54, 1.807) is 30.0 Å². The van der Waals surface area contributed by atoms with Crippen LogP contribution in [0.4, 0.5) is 17.1 Å². The summed E-state index contributed by atoms with van der Waals surface area (Å²) >= 11 is 0. The number of nitrogens with one attached hydrogen (secondary N) is 2. The number of rotatable bonds is 6. The Morgan fingerprint density at radius 2 is 1.76 bits per heavy atom. The molecule has 1 atom stereocenters. The highest BCUT2D eigenvalue weighted by Gasteiger charge is 2.35. The Morgan fingerprint density at radius 1 is 1.07 bits per heavy atom. The lowest BCUT2D eigenvalue weighted by Crippen LogP contribution is -2.28. The second-order valence-electron chi connectivity index (χ2n) is 7.30. The summed E-state index contributed by atoms with van der Waals surface area (Å²) in [5.41, 5.74) is 4.10. The van der Waals surface area contributed by atoms with Crippen LogP contribution in [0.2, 0.25) is 0 Å². The minimum absolute atomic E-state index is 0.0425. The van der Waals surface area contributed by atoms with E-state index in [9.17, 15) is 14.4 Å². The first kappa shape index (κ1) is 20.6. The van der Waals surface area contributed by atoms with Crippen LogP contribution in [-0.4, -0.2) is 24.3 Å². The molecule has 0 unspecified atom stereocenters. The van der Waals surface area contributed by atoms with Gasteiger partial charge in [0.05, 0.1) is 5.92 Å².